The van der Waals surface area contributed by atoms with Crippen LogP contribution in [0, 0.1) is 0 Å². The zero-order valence-corrected chi connectivity index (χ0v) is 14.1. The zero-order chi connectivity index (χ0) is 17.5. The van der Waals surface area contributed by atoms with E-state index >= 15 is 0 Å². The topological polar surface area (TPSA) is 67.4 Å². The number of hydrogen-bond donors (Lipinski definition) is 2. The Morgan fingerprint density at radius 2 is 1.54 bits per heavy atom. The molecule has 0 saturated carbocycles. The van der Waals surface area contributed by atoms with Crippen molar-refractivity contribution in [2.45, 2.75) is 26.4 Å². The van der Waals surface area contributed by atoms with E-state index in [0.29, 0.717) is 17.7 Å². The normalized spacial score (nSPS) is 10.3. The van der Waals surface area contributed by atoms with Crippen LogP contribution in [0.25, 0.3) is 0 Å². The summed E-state index contributed by atoms with van der Waals surface area (Å²) >= 11 is 0. The van der Waals surface area contributed by atoms with E-state index in [1.807, 2.05) is 38.1 Å². The van der Waals surface area contributed by atoms with Crippen LogP contribution in [0.5, 0.6) is 5.75 Å². The van der Waals surface area contributed by atoms with Crippen molar-refractivity contribution in [3.05, 3.63) is 65.2 Å². The number of carbonyl (C=O) groups is 2. The molecule has 5 nitrogen and oxygen atoms in total. The van der Waals surface area contributed by atoms with Gasteiger partial charge in [0.15, 0.2) is 0 Å². The molecule has 0 saturated heterocycles. The van der Waals surface area contributed by atoms with E-state index in [1.165, 1.54) is 0 Å². The summed E-state index contributed by atoms with van der Waals surface area (Å²) in [5.41, 5.74) is 1.94. The lowest BCUT2D eigenvalue weighted by Crippen LogP contribution is -2.30. The summed E-state index contributed by atoms with van der Waals surface area (Å²) in [6.07, 6.45) is 0. The quantitative estimate of drug-likeness (QED) is 0.858. The second-order valence-corrected chi connectivity index (χ2v) is 5.70. The van der Waals surface area contributed by atoms with E-state index in [0.717, 1.165) is 11.3 Å². The van der Waals surface area contributed by atoms with Gasteiger partial charge in [-0.15, -0.1) is 0 Å². The van der Waals surface area contributed by atoms with Crippen LogP contribution in [0.4, 0.5) is 0 Å². The van der Waals surface area contributed by atoms with Crippen LogP contribution in [0.3, 0.4) is 0 Å². The Morgan fingerprint density at radius 3 is 2.12 bits per heavy atom. The Hall–Kier alpha value is -2.82. The van der Waals surface area contributed by atoms with Gasteiger partial charge in [-0.2, -0.15) is 0 Å². The number of benzene rings is 2. The fourth-order valence-corrected chi connectivity index (χ4v) is 2.25. The van der Waals surface area contributed by atoms with Crippen LogP contribution < -0.4 is 15.4 Å². The standard InChI is InChI=1S/C19H22N2O3/c1-13(2)21-19(23)15-10-8-14(9-11-15)18(22)20-12-16-6-4-5-7-17(16)24-3/h4-11,13H,12H2,1-3H3,(H,20,22)(H,21,23). The molecule has 0 spiro atoms. The van der Waals surface area contributed by atoms with Crippen molar-refractivity contribution in [1.29, 1.82) is 0 Å². The molecule has 24 heavy (non-hydrogen) atoms. The van der Waals surface area contributed by atoms with Crippen molar-refractivity contribution in [2.24, 2.45) is 0 Å². The van der Waals surface area contributed by atoms with Crippen LogP contribution in [0.15, 0.2) is 48.5 Å². The molecule has 2 aromatic carbocycles. The Kier molecular flexibility index (Phi) is 5.95. The zero-order valence-electron chi connectivity index (χ0n) is 14.1. The van der Waals surface area contributed by atoms with Crippen LogP contribution >= 0.6 is 0 Å². The highest BCUT2D eigenvalue weighted by Crippen LogP contribution is 2.17. The summed E-state index contributed by atoms with van der Waals surface area (Å²) in [5, 5.41) is 5.67. The average molecular weight is 326 g/mol. The lowest BCUT2D eigenvalue weighted by molar-refractivity contribution is 0.0934. The number of rotatable bonds is 6. The number of para-hydroxylation sites is 1. The molecule has 0 heterocycles. The molecule has 2 aromatic rings. The lowest BCUT2D eigenvalue weighted by Gasteiger charge is -2.10. The molecule has 0 atom stereocenters. The molecule has 0 aliphatic heterocycles. The molecule has 0 aliphatic rings. The summed E-state index contributed by atoms with van der Waals surface area (Å²) in [6, 6.07) is 14.2. The minimum absolute atomic E-state index is 0.0707. The molecule has 2 amide bonds. The maximum absolute atomic E-state index is 12.2. The molecular weight excluding hydrogens is 304 g/mol. The Labute approximate surface area is 142 Å². The molecule has 2 rings (SSSR count). The van der Waals surface area contributed by atoms with E-state index in [2.05, 4.69) is 10.6 Å². The van der Waals surface area contributed by atoms with Crippen LogP contribution in [-0.2, 0) is 6.54 Å². The van der Waals surface area contributed by atoms with Crippen molar-refractivity contribution < 1.29 is 14.3 Å². The second kappa shape index (κ2) is 8.15. The van der Waals surface area contributed by atoms with E-state index < -0.39 is 0 Å². The van der Waals surface area contributed by atoms with Crippen molar-refractivity contribution in [3.63, 3.8) is 0 Å². The summed E-state index contributed by atoms with van der Waals surface area (Å²) in [5.74, 6) is 0.390. The minimum Gasteiger partial charge on any atom is -0.496 e. The van der Waals surface area contributed by atoms with Gasteiger partial charge in [-0.1, -0.05) is 18.2 Å². The maximum atomic E-state index is 12.2. The van der Waals surface area contributed by atoms with E-state index in [9.17, 15) is 9.59 Å². The fraction of sp³-hybridized carbons (Fsp3) is 0.263. The molecule has 126 valence electrons. The van der Waals surface area contributed by atoms with Crippen molar-refractivity contribution in [3.8, 4) is 5.75 Å². The summed E-state index contributed by atoms with van der Waals surface area (Å²) in [7, 11) is 1.60. The van der Waals surface area contributed by atoms with Crippen LogP contribution in [0.2, 0.25) is 0 Å². The first-order chi connectivity index (χ1) is 11.5. The Morgan fingerprint density at radius 1 is 0.958 bits per heavy atom. The van der Waals surface area contributed by atoms with E-state index in [-0.39, 0.29) is 17.9 Å². The number of methoxy groups -OCH3 is 1. The predicted molar refractivity (Wildman–Crippen MR) is 93.2 cm³/mol. The van der Waals surface area contributed by atoms with Crippen LogP contribution in [0.1, 0.15) is 40.1 Å². The lowest BCUT2D eigenvalue weighted by atomic mass is 10.1. The maximum Gasteiger partial charge on any atom is 0.251 e. The number of ether oxygens (including phenoxy) is 1. The molecule has 0 aromatic heterocycles. The Balaban J connectivity index is 1.99. The summed E-state index contributed by atoms with van der Waals surface area (Å²) in [4.78, 5) is 24.1. The molecule has 0 unspecified atom stereocenters. The molecule has 0 radical (unpaired) electrons. The summed E-state index contributed by atoms with van der Waals surface area (Å²) in [6.45, 7) is 4.17. The number of amides is 2. The smallest absolute Gasteiger partial charge is 0.251 e. The second-order valence-electron chi connectivity index (χ2n) is 5.70. The third-order valence-electron chi connectivity index (χ3n) is 3.46. The summed E-state index contributed by atoms with van der Waals surface area (Å²) < 4.78 is 5.26. The molecule has 5 heteroatoms. The van der Waals surface area contributed by atoms with Gasteiger partial charge in [0.2, 0.25) is 0 Å². The monoisotopic (exact) mass is 326 g/mol. The van der Waals surface area contributed by atoms with Gasteiger partial charge in [-0.3, -0.25) is 9.59 Å². The number of nitrogens with one attached hydrogen (secondary N) is 2. The molecule has 0 bridgehead atoms. The third kappa shape index (κ3) is 4.59. The number of carbonyl (C=O) groups excluding carboxylic acids is 2. The van der Waals surface area contributed by atoms with Gasteiger partial charge in [0.25, 0.3) is 11.8 Å². The molecule has 0 aliphatic carbocycles. The van der Waals surface area contributed by atoms with Crippen molar-refractivity contribution in [2.75, 3.05) is 7.11 Å². The largest absolute Gasteiger partial charge is 0.496 e. The highest BCUT2D eigenvalue weighted by molar-refractivity contribution is 5.97. The fourth-order valence-electron chi connectivity index (χ4n) is 2.25. The van der Waals surface area contributed by atoms with Gasteiger partial charge in [0.05, 0.1) is 7.11 Å². The first kappa shape index (κ1) is 17.5. The van der Waals surface area contributed by atoms with Gasteiger partial charge in [-0.05, 0) is 44.2 Å². The predicted octanol–water partition coefficient (Wildman–Crippen LogP) is 2.76. The third-order valence-corrected chi connectivity index (χ3v) is 3.46. The van der Waals surface area contributed by atoms with E-state index in [4.69, 9.17) is 4.74 Å². The molecule has 0 fully saturated rings. The highest BCUT2D eigenvalue weighted by atomic mass is 16.5. The Bertz CT molecular complexity index is 709. The molecule has 2 N–H and O–H groups in total. The van der Waals surface area contributed by atoms with Crippen molar-refractivity contribution in [1.82, 2.24) is 10.6 Å². The number of hydrogen-bond acceptors (Lipinski definition) is 3. The SMILES string of the molecule is COc1ccccc1CNC(=O)c1ccc(C(=O)NC(C)C)cc1. The van der Waals surface area contributed by atoms with Crippen LogP contribution in [-0.4, -0.2) is 25.0 Å². The van der Waals surface area contributed by atoms with Gasteiger partial charge in [0, 0.05) is 29.3 Å². The van der Waals surface area contributed by atoms with Gasteiger partial charge < -0.3 is 15.4 Å². The van der Waals surface area contributed by atoms with Crippen molar-refractivity contribution >= 4 is 11.8 Å². The first-order valence-electron chi connectivity index (χ1n) is 7.82. The minimum atomic E-state index is -0.197. The molecular formula is C19H22N2O3. The van der Waals surface area contributed by atoms with E-state index in [1.54, 1.807) is 31.4 Å². The van der Waals surface area contributed by atoms with Gasteiger partial charge in [0.1, 0.15) is 5.75 Å². The van der Waals surface area contributed by atoms with Gasteiger partial charge >= 0.3 is 0 Å². The highest BCUT2D eigenvalue weighted by Gasteiger charge is 2.10. The van der Waals surface area contributed by atoms with Gasteiger partial charge in [-0.25, -0.2) is 0 Å². The average Bonchev–Trinajstić information content (AvgIpc) is 2.59. The first-order valence-corrected chi connectivity index (χ1v) is 7.82.